The molecule has 0 saturated heterocycles. The maximum absolute atomic E-state index is 5.66. The summed E-state index contributed by atoms with van der Waals surface area (Å²) >= 11 is 0. The minimum absolute atomic E-state index is 0.673. The van der Waals surface area contributed by atoms with E-state index in [2.05, 4.69) is 60.7 Å². The van der Waals surface area contributed by atoms with E-state index in [0.717, 1.165) is 5.75 Å². The van der Waals surface area contributed by atoms with Gasteiger partial charge in [-0.25, -0.2) is 0 Å². The molecule has 1 heterocycles. The van der Waals surface area contributed by atoms with Crippen molar-refractivity contribution >= 4 is 27.6 Å². The Kier molecular flexibility index (Phi) is 1.95. The minimum Gasteiger partial charge on any atom is -0.489 e. The van der Waals surface area contributed by atoms with Gasteiger partial charge in [0.15, 0.2) is 0 Å². The number of ether oxygens (including phenoxy) is 1. The molecule has 18 heavy (non-hydrogen) atoms. The zero-order valence-corrected chi connectivity index (χ0v) is 9.89. The Morgan fingerprint density at radius 2 is 1.67 bits per heavy atom. The summed E-state index contributed by atoms with van der Waals surface area (Å²) < 4.78 is 5.66. The fourth-order valence-electron chi connectivity index (χ4n) is 2.69. The summed E-state index contributed by atoms with van der Waals surface area (Å²) in [5.41, 5.74) is 1.20. The number of hydrogen-bond acceptors (Lipinski definition) is 1. The lowest BCUT2D eigenvalue weighted by molar-refractivity contribution is 0.359. The lowest BCUT2D eigenvalue weighted by Crippen LogP contribution is -2.00. The van der Waals surface area contributed by atoms with Crippen molar-refractivity contribution in [3.63, 3.8) is 0 Å². The van der Waals surface area contributed by atoms with Gasteiger partial charge >= 0.3 is 0 Å². The van der Waals surface area contributed by atoms with Gasteiger partial charge in [0.2, 0.25) is 0 Å². The highest BCUT2D eigenvalue weighted by atomic mass is 16.5. The predicted molar refractivity (Wildman–Crippen MR) is 76.0 cm³/mol. The lowest BCUT2D eigenvalue weighted by Gasteiger charge is -2.15. The van der Waals surface area contributed by atoms with Crippen molar-refractivity contribution in [1.82, 2.24) is 0 Å². The fourth-order valence-corrected chi connectivity index (χ4v) is 2.69. The van der Waals surface area contributed by atoms with Crippen molar-refractivity contribution in [1.29, 1.82) is 0 Å². The van der Waals surface area contributed by atoms with Crippen molar-refractivity contribution in [3.8, 4) is 5.75 Å². The van der Waals surface area contributed by atoms with Crippen molar-refractivity contribution in [2.45, 2.75) is 0 Å². The standard InChI is InChI=1S/C17H12O/c1-2-5-13-12(4-1)7-8-15-14(13)9-10-17-16(15)6-3-11-18-17/h1-10H,11H2. The molecular weight excluding hydrogens is 220 g/mol. The monoisotopic (exact) mass is 232 g/mol. The maximum atomic E-state index is 5.66. The highest BCUT2D eigenvalue weighted by molar-refractivity contribution is 6.10. The molecule has 0 aromatic heterocycles. The van der Waals surface area contributed by atoms with Crippen LogP contribution >= 0.6 is 0 Å². The van der Waals surface area contributed by atoms with Crippen LogP contribution in [0.4, 0.5) is 0 Å². The first-order chi connectivity index (χ1) is 8.93. The van der Waals surface area contributed by atoms with Gasteiger partial charge in [-0.1, -0.05) is 48.5 Å². The number of fused-ring (bicyclic) bond motifs is 5. The first-order valence-electron chi connectivity index (χ1n) is 6.17. The van der Waals surface area contributed by atoms with E-state index in [4.69, 9.17) is 4.74 Å². The molecule has 3 aromatic carbocycles. The summed E-state index contributed by atoms with van der Waals surface area (Å²) in [5, 5.41) is 5.14. The van der Waals surface area contributed by atoms with E-state index < -0.39 is 0 Å². The second kappa shape index (κ2) is 3.61. The average Bonchev–Trinajstić information content (AvgIpc) is 2.46. The van der Waals surface area contributed by atoms with Gasteiger partial charge in [0.25, 0.3) is 0 Å². The molecule has 0 saturated carbocycles. The smallest absolute Gasteiger partial charge is 0.127 e. The number of benzene rings is 3. The van der Waals surface area contributed by atoms with Crippen LogP contribution < -0.4 is 4.74 Å². The lowest BCUT2D eigenvalue weighted by atomic mass is 9.97. The highest BCUT2D eigenvalue weighted by Crippen LogP contribution is 2.34. The molecule has 1 aliphatic heterocycles. The van der Waals surface area contributed by atoms with Crippen molar-refractivity contribution in [3.05, 3.63) is 60.2 Å². The third-order valence-corrected chi connectivity index (χ3v) is 3.55. The quantitative estimate of drug-likeness (QED) is 0.522. The third-order valence-electron chi connectivity index (χ3n) is 3.55. The van der Waals surface area contributed by atoms with Gasteiger partial charge in [0.1, 0.15) is 12.4 Å². The van der Waals surface area contributed by atoms with Gasteiger partial charge in [-0.2, -0.15) is 0 Å². The van der Waals surface area contributed by atoms with E-state index in [-0.39, 0.29) is 0 Å². The van der Waals surface area contributed by atoms with Crippen LogP contribution in [-0.4, -0.2) is 6.61 Å². The molecule has 1 aliphatic rings. The van der Waals surface area contributed by atoms with E-state index in [0.29, 0.717) is 6.61 Å². The molecule has 0 N–H and O–H groups in total. The average molecular weight is 232 g/mol. The molecule has 0 spiro atoms. The molecule has 1 nitrogen and oxygen atoms in total. The minimum atomic E-state index is 0.673. The Balaban J connectivity index is 2.20. The fraction of sp³-hybridized carbons (Fsp3) is 0.0588. The maximum Gasteiger partial charge on any atom is 0.127 e. The SMILES string of the molecule is C1=Cc2c(ccc3c2ccc2ccccc23)OC1. The second-order valence-electron chi connectivity index (χ2n) is 4.57. The van der Waals surface area contributed by atoms with Crippen LogP contribution in [0.3, 0.4) is 0 Å². The van der Waals surface area contributed by atoms with Crippen LogP contribution in [0.15, 0.2) is 54.6 Å². The topological polar surface area (TPSA) is 9.23 Å². The second-order valence-corrected chi connectivity index (χ2v) is 4.57. The highest BCUT2D eigenvalue weighted by Gasteiger charge is 2.10. The van der Waals surface area contributed by atoms with Gasteiger partial charge in [-0.15, -0.1) is 0 Å². The van der Waals surface area contributed by atoms with E-state index in [9.17, 15) is 0 Å². The van der Waals surface area contributed by atoms with Crippen LogP contribution in [0, 0.1) is 0 Å². The zero-order valence-electron chi connectivity index (χ0n) is 9.89. The Labute approximate surface area is 105 Å². The summed E-state index contributed by atoms with van der Waals surface area (Å²) in [6.07, 6.45) is 4.23. The number of hydrogen-bond donors (Lipinski definition) is 0. The largest absolute Gasteiger partial charge is 0.489 e. The first-order valence-corrected chi connectivity index (χ1v) is 6.17. The van der Waals surface area contributed by atoms with Crippen molar-refractivity contribution in [2.75, 3.05) is 6.61 Å². The van der Waals surface area contributed by atoms with E-state index >= 15 is 0 Å². The predicted octanol–water partition coefficient (Wildman–Crippen LogP) is 4.40. The Bertz CT molecular complexity index is 784. The Morgan fingerprint density at radius 1 is 0.778 bits per heavy atom. The molecule has 0 bridgehead atoms. The van der Waals surface area contributed by atoms with Gasteiger partial charge < -0.3 is 4.74 Å². The molecule has 0 atom stereocenters. The van der Waals surface area contributed by atoms with Crippen molar-refractivity contribution in [2.24, 2.45) is 0 Å². The summed E-state index contributed by atoms with van der Waals surface area (Å²) in [4.78, 5) is 0. The molecule has 1 heteroatoms. The van der Waals surface area contributed by atoms with E-state index in [1.165, 1.54) is 27.1 Å². The van der Waals surface area contributed by atoms with Gasteiger partial charge in [0, 0.05) is 5.56 Å². The summed E-state index contributed by atoms with van der Waals surface area (Å²) in [6, 6.07) is 17.1. The van der Waals surface area contributed by atoms with E-state index in [1.54, 1.807) is 0 Å². The Morgan fingerprint density at radius 3 is 2.67 bits per heavy atom. The molecule has 0 unspecified atom stereocenters. The van der Waals surface area contributed by atoms with E-state index in [1.807, 2.05) is 0 Å². The molecule has 86 valence electrons. The summed E-state index contributed by atoms with van der Waals surface area (Å²) in [7, 11) is 0. The third kappa shape index (κ3) is 1.28. The van der Waals surface area contributed by atoms with Gasteiger partial charge in [0.05, 0.1) is 0 Å². The van der Waals surface area contributed by atoms with Crippen LogP contribution in [-0.2, 0) is 0 Å². The van der Waals surface area contributed by atoms with Crippen LogP contribution in [0.1, 0.15) is 5.56 Å². The van der Waals surface area contributed by atoms with Crippen LogP contribution in [0.25, 0.3) is 27.6 Å². The van der Waals surface area contributed by atoms with Gasteiger partial charge in [-0.3, -0.25) is 0 Å². The van der Waals surface area contributed by atoms with Crippen LogP contribution in [0.2, 0.25) is 0 Å². The molecule has 3 aromatic rings. The molecule has 0 amide bonds. The summed E-state index contributed by atoms with van der Waals surface area (Å²) in [6.45, 7) is 0.673. The molecule has 0 aliphatic carbocycles. The van der Waals surface area contributed by atoms with Crippen molar-refractivity contribution < 1.29 is 4.74 Å². The van der Waals surface area contributed by atoms with Gasteiger partial charge in [-0.05, 0) is 33.7 Å². The molecule has 0 fully saturated rings. The van der Waals surface area contributed by atoms with Crippen LogP contribution in [0.5, 0.6) is 5.75 Å². The molecule has 4 rings (SSSR count). The first kappa shape index (κ1) is 9.72. The normalized spacial score (nSPS) is 13.6. The molecule has 0 radical (unpaired) electrons. The Hall–Kier alpha value is -2.28. The summed E-state index contributed by atoms with van der Waals surface area (Å²) in [5.74, 6) is 0.986. The zero-order chi connectivity index (χ0) is 11.9. The number of rotatable bonds is 0. The molecular formula is C17H12O.